The van der Waals surface area contributed by atoms with Gasteiger partial charge in [-0.15, -0.1) is 24.0 Å². The van der Waals surface area contributed by atoms with Crippen molar-refractivity contribution in [3.8, 4) is 0 Å². The van der Waals surface area contributed by atoms with E-state index < -0.39 is 0 Å². The lowest BCUT2D eigenvalue weighted by Gasteiger charge is -2.11. The Balaban J connectivity index is 0.00000441. The summed E-state index contributed by atoms with van der Waals surface area (Å²) in [5, 5.41) is 6.81. The molecule has 1 aromatic heterocycles. The van der Waals surface area contributed by atoms with Crippen molar-refractivity contribution < 1.29 is 9.53 Å². The normalized spacial score (nSPS) is 10.6. The minimum Gasteiger partial charge on any atom is -0.469 e. The zero-order valence-electron chi connectivity index (χ0n) is 12.8. The summed E-state index contributed by atoms with van der Waals surface area (Å²) >= 11 is 5.74. The van der Waals surface area contributed by atoms with Crippen LogP contribution in [-0.2, 0) is 16.0 Å². The predicted octanol–water partition coefficient (Wildman–Crippen LogP) is 2.01. The number of esters is 1. The topological polar surface area (TPSA) is 75.6 Å². The van der Waals surface area contributed by atoms with Crippen molar-refractivity contribution in [2.45, 2.75) is 19.8 Å². The van der Waals surface area contributed by atoms with Gasteiger partial charge in [-0.2, -0.15) is 0 Å². The number of aromatic nitrogens is 1. The zero-order chi connectivity index (χ0) is 15.5. The number of guanidine groups is 1. The summed E-state index contributed by atoms with van der Waals surface area (Å²) in [6, 6.07) is 3.71. The van der Waals surface area contributed by atoms with E-state index in [-0.39, 0.29) is 36.4 Å². The third-order valence-corrected chi connectivity index (χ3v) is 2.88. The number of carbonyl (C=O) groups excluding carboxylic acids is 1. The summed E-state index contributed by atoms with van der Waals surface area (Å²) < 4.78 is 4.57. The third-order valence-electron chi connectivity index (χ3n) is 2.65. The van der Waals surface area contributed by atoms with E-state index in [0.717, 1.165) is 18.5 Å². The average molecular weight is 441 g/mol. The highest BCUT2D eigenvalue weighted by atomic mass is 127. The summed E-state index contributed by atoms with van der Waals surface area (Å²) in [5.74, 6) is 0.421. The Morgan fingerprint density at radius 3 is 2.77 bits per heavy atom. The molecule has 0 spiro atoms. The van der Waals surface area contributed by atoms with Gasteiger partial charge in [0.2, 0.25) is 0 Å². The standard InChI is InChI=1S/C14H21ClN4O2.HI/c1-3-16-14(18-9-7-13(20)21-2)17-8-6-11-4-5-12(15)19-10-11;/h4-5,10H,3,6-9H2,1-2H3,(H2,16,17,18);1H. The van der Waals surface area contributed by atoms with Crippen LogP contribution in [0.4, 0.5) is 0 Å². The molecule has 0 saturated carbocycles. The van der Waals surface area contributed by atoms with Gasteiger partial charge in [-0.1, -0.05) is 17.7 Å². The Labute approximate surface area is 153 Å². The van der Waals surface area contributed by atoms with Crippen molar-refractivity contribution in [1.29, 1.82) is 0 Å². The van der Waals surface area contributed by atoms with E-state index in [2.05, 4.69) is 25.3 Å². The van der Waals surface area contributed by atoms with Crippen LogP contribution in [0.3, 0.4) is 0 Å². The molecule has 6 nitrogen and oxygen atoms in total. The molecule has 1 aromatic rings. The van der Waals surface area contributed by atoms with Gasteiger partial charge in [-0.25, -0.2) is 4.98 Å². The van der Waals surface area contributed by atoms with Gasteiger partial charge in [-0.05, 0) is 25.0 Å². The Kier molecular flexibility index (Phi) is 11.8. The molecule has 8 heteroatoms. The van der Waals surface area contributed by atoms with Crippen molar-refractivity contribution in [2.24, 2.45) is 4.99 Å². The Hall–Kier alpha value is -1.09. The Bertz CT molecular complexity index is 468. The van der Waals surface area contributed by atoms with E-state index in [1.165, 1.54) is 7.11 Å². The van der Waals surface area contributed by atoms with Gasteiger partial charge < -0.3 is 15.4 Å². The minimum atomic E-state index is -0.262. The van der Waals surface area contributed by atoms with Gasteiger partial charge >= 0.3 is 5.97 Å². The molecular weight excluding hydrogens is 419 g/mol. The second-order valence-corrected chi connectivity index (χ2v) is 4.64. The number of pyridine rings is 1. The van der Waals surface area contributed by atoms with Crippen molar-refractivity contribution in [3.63, 3.8) is 0 Å². The van der Waals surface area contributed by atoms with Crippen molar-refractivity contribution in [2.75, 3.05) is 26.7 Å². The molecule has 0 saturated heterocycles. The third kappa shape index (κ3) is 9.04. The number of nitrogens with one attached hydrogen (secondary N) is 2. The largest absolute Gasteiger partial charge is 0.469 e. The molecule has 1 heterocycles. The van der Waals surface area contributed by atoms with Gasteiger partial charge in [0, 0.05) is 19.3 Å². The second kappa shape index (κ2) is 12.5. The summed E-state index contributed by atoms with van der Waals surface area (Å²) in [6.45, 7) is 3.85. The van der Waals surface area contributed by atoms with E-state index in [1.807, 2.05) is 13.0 Å². The molecule has 0 bridgehead atoms. The first-order valence-electron chi connectivity index (χ1n) is 6.85. The quantitative estimate of drug-likeness (QED) is 0.223. The van der Waals surface area contributed by atoms with Crippen LogP contribution in [0.25, 0.3) is 0 Å². The van der Waals surface area contributed by atoms with Gasteiger partial charge in [0.25, 0.3) is 0 Å². The molecule has 0 aliphatic carbocycles. The molecule has 124 valence electrons. The number of hydrogen-bond donors (Lipinski definition) is 2. The number of rotatable bonds is 7. The van der Waals surface area contributed by atoms with Gasteiger partial charge in [-0.3, -0.25) is 9.79 Å². The maximum Gasteiger partial charge on any atom is 0.307 e. The molecule has 1 rings (SSSR count). The molecular formula is C14H22ClIN4O2. The molecule has 0 amide bonds. The summed E-state index contributed by atoms with van der Waals surface area (Å²) in [5.41, 5.74) is 1.09. The van der Waals surface area contributed by atoms with Crippen LogP contribution in [0.1, 0.15) is 18.9 Å². The molecule has 0 radical (unpaired) electrons. The Morgan fingerprint density at radius 2 is 2.18 bits per heavy atom. The molecule has 0 aromatic carbocycles. The van der Waals surface area contributed by atoms with Gasteiger partial charge in [0.15, 0.2) is 5.96 Å². The summed E-state index contributed by atoms with van der Waals surface area (Å²) in [4.78, 5) is 19.4. The van der Waals surface area contributed by atoms with Gasteiger partial charge in [0.05, 0.1) is 20.1 Å². The maximum absolute atomic E-state index is 11.0. The lowest BCUT2D eigenvalue weighted by molar-refractivity contribution is -0.140. The van der Waals surface area contributed by atoms with Crippen LogP contribution in [0, 0.1) is 0 Å². The van der Waals surface area contributed by atoms with E-state index in [9.17, 15) is 4.79 Å². The lowest BCUT2D eigenvalue weighted by atomic mass is 10.2. The number of ether oxygens (including phenoxy) is 1. The number of nitrogens with zero attached hydrogens (tertiary/aromatic N) is 2. The van der Waals surface area contributed by atoms with Crippen LogP contribution >= 0.6 is 35.6 Å². The predicted molar refractivity (Wildman–Crippen MR) is 99.0 cm³/mol. The minimum absolute atomic E-state index is 0. The molecule has 0 fully saturated rings. The van der Waals surface area contributed by atoms with Crippen molar-refractivity contribution >= 4 is 47.5 Å². The first kappa shape index (κ1) is 20.9. The van der Waals surface area contributed by atoms with Crippen LogP contribution in [0.2, 0.25) is 5.15 Å². The summed E-state index contributed by atoms with van der Waals surface area (Å²) in [6.07, 6.45) is 2.84. The number of carbonyl (C=O) groups is 1. The van der Waals surface area contributed by atoms with E-state index in [1.54, 1.807) is 12.3 Å². The molecule has 2 N–H and O–H groups in total. The molecule has 0 atom stereocenters. The SMILES string of the molecule is CCNC(=NCCC(=O)OC)NCCc1ccc(Cl)nc1.I. The number of methoxy groups -OCH3 is 1. The van der Waals surface area contributed by atoms with Gasteiger partial charge in [0.1, 0.15) is 5.15 Å². The highest BCUT2D eigenvalue weighted by Gasteiger charge is 2.01. The van der Waals surface area contributed by atoms with Crippen molar-refractivity contribution in [3.05, 3.63) is 29.0 Å². The monoisotopic (exact) mass is 440 g/mol. The molecule has 0 aliphatic rings. The highest BCUT2D eigenvalue weighted by Crippen LogP contribution is 2.05. The first-order chi connectivity index (χ1) is 10.2. The van der Waals surface area contributed by atoms with E-state index >= 15 is 0 Å². The van der Waals surface area contributed by atoms with Crippen LogP contribution in [0.5, 0.6) is 0 Å². The fourth-order valence-corrected chi connectivity index (χ4v) is 1.69. The molecule has 22 heavy (non-hydrogen) atoms. The maximum atomic E-state index is 11.0. The van der Waals surface area contributed by atoms with E-state index in [4.69, 9.17) is 11.6 Å². The van der Waals surface area contributed by atoms with Crippen LogP contribution in [-0.4, -0.2) is 43.7 Å². The number of aliphatic imine (C=N–C) groups is 1. The van der Waals surface area contributed by atoms with Crippen LogP contribution in [0.15, 0.2) is 23.3 Å². The molecule has 0 aliphatic heterocycles. The van der Waals surface area contributed by atoms with E-state index in [0.29, 0.717) is 24.2 Å². The first-order valence-corrected chi connectivity index (χ1v) is 7.23. The fraction of sp³-hybridized carbons (Fsp3) is 0.500. The summed E-state index contributed by atoms with van der Waals surface area (Å²) in [7, 11) is 1.37. The van der Waals surface area contributed by atoms with Crippen LogP contribution < -0.4 is 10.6 Å². The average Bonchev–Trinajstić information content (AvgIpc) is 2.49. The smallest absolute Gasteiger partial charge is 0.307 e. The fourth-order valence-electron chi connectivity index (χ4n) is 1.58. The number of halogens is 2. The number of hydrogen-bond acceptors (Lipinski definition) is 4. The van der Waals surface area contributed by atoms with Crippen molar-refractivity contribution in [1.82, 2.24) is 15.6 Å². The Morgan fingerprint density at radius 1 is 1.41 bits per heavy atom. The zero-order valence-corrected chi connectivity index (χ0v) is 15.9. The highest BCUT2D eigenvalue weighted by molar-refractivity contribution is 14.0. The molecule has 0 unspecified atom stereocenters. The second-order valence-electron chi connectivity index (χ2n) is 4.25. The lowest BCUT2D eigenvalue weighted by Crippen LogP contribution is -2.38.